The van der Waals surface area contributed by atoms with Crippen LogP contribution in [-0.4, -0.2) is 25.6 Å². The molecule has 0 aliphatic rings. The van der Waals surface area contributed by atoms with Crippen LogP contribution < -0.4 is 5.32 Å². The molecule has 124 valence electrons. The number of rotatable bonds is 5. The highest BCUT2D eigenvalue weighted by molar-refractivity contribution is 7.22. The lowest BCUT2D eigenvalue weighted by Gasteiger charge is -2.01. The fourth-order valence-electron chi connectivity index (χ4n) is 2.28. The SMILES string of the molecule is Cc1ccc2nc(NC(=O)CCn3nc([N+](=O)[O-])cc3C)sc2c1. The molecule has 1 amide bonds. The zero-order valence-corrected chi connectivity index (χ0v) is 14.0. The molecule has 0 fully saturated rings. The smallest absolute Gasteiger partial charge is 0.358 e. The molecule has 8 nitrogen and oxygen atoms in total. The maximum Gasteiger partial charge on any atom is 0.390 e. The van der Waals surface area contributed by atoms with Gasteiger partial charge in [-0.25, -0.2) is 4.98 Å². The number of hydrogen-bond acceptors (Lipinski definition) is 6. The highest BCUT2D eigenvalue weighted by atomic mass is 32.1. The van der Waals surface area contributed by atoms with E-state index in [9.17, 15) is 14.9 Å². The Bertz CT molecular complexity index is 930. The number of benzene rings is 1. The number of hydrogen-bond donors (Lipinski definition) is 1. The standard InChI is InChI=1S/C15H15N5O3S/c1-9-3-4-11-12(7-9)24-15(16-11)17-14(21)5-6-19-10(2)8-13(18-19)20(22)23/h3-4,7-8H,5-6H2,1-2H3,(H,16,17,21). The van der Waals surface area contributed by atoms with Crippen LogP contribution in [0.4, 0.5) is 10.9 Å². The maximum atomic E-state index is 12.1. The van der Waals surface area contributed by atoms with Gasteiger partial charge in [0.2, 0.25) is 5.91 Å². The summed E-state index contributed by atoms with van der Waals surface area (Å²) in [5.74, 6) is -0.419. The molecular formula is C15H15N5O3S. The zero-order chi connectivity index (χ0) is 17.3. The van der Waals surface area contributed by atoms with E-state index in [2.05, 4.69) is 15.4 Å². The number of amides is 1. The van der Waals surface area contributed by atoms with Gasteiger partial charge < -0.3 is 15.4 Å². The van der Waals surface area contributed by atoms with Crippen LogP contribution in [0.5, 0.6) is 0 Å². The van der Waals surface area contributed by atoms with Crippen molar-refractivity contribution in [1.29, 1.82) is 0 Å². The number of nitrogens with one attached hydrogen (secondary N) is 1. The minimum Gasteiger partial charge on any atom is -0.358 e. The van der Waals surface area contributed by atoms with Gasteiger partial charge in [0.15, 0.2) is 5.13 Å². The molecule has 0 aliphatic heterocycles. The molecule has 0 saturated heterocycles. The van der Waals surface area contributed by atoms with E-state index in [-0.39, 0.29) is 24.7 Å². The Labute approximate surface area is 141 Å². The molecular weight excluding hydrogens is 330 g/mol. The van der Waals surface area contributed by atoms with Crippen molar-refractivity contribution in [3.05, 3.63) is 45.6 Å². The molecule has 0 atom stereocenters. The maximum absolute atomic E-state index is 12.1. The Morgan fingerprint density at radius 1 is 1.38 bits per heavy atom. The highest BCUT2D eigenvalue weighted by Crippen LogP contribution is 2.26. The highest BCUT2D eigenvalue weighted by Gasteiger charge is 2.16. The number of carbonyl (C=O) groups is 1. The molecule has 0 spiro atoms. The summed E-state index contributed by atoms with van der Waals surface area (Å²) in [6, 6.07) is 7.30. The molecule has 0 radical (unpaired) electrons. The number of anilines is 1. The van der Waals surface area contributed by atoms with Crippen molar-refractivity contribution in [2.45, 2.75) is 26.8 Å². The average molecular weight is 345 g/mol. The summed E-state index contributed by atoms with van der Waals surface area (Å²) in [5, 5.41) is 17.9. The summed E-state index contributed by atoms with van der Waals surface area (Å²) >= 11 is 1.42. The fraction of sp³-hybridized carbons (Fsp3) is 0.267. The van der Waals surface area contributed by atoms with Crippen molar-refractivity contribution >= 4 is 38.4 Å². The molecule has 2 heterocycles. The van der Waals surface area contributed by atoms with Gasteiger partial charge in [0, 0.05) is 6.42 Å². The van der Waals surface area contributed by atoms with Gasteiger partial charge in [0.05, 0.1) is 33.6 Å². The molecule has 9 heteroatoms. The molecule has 2 aromatic heterocycles. The molecule has 0 unspecified atom stereocenters. The Morgan fingerprint density at radius 3 is 2.88 bits per heavy atom. The van der Waals surface area contributed by atoms with Gasteiger partial charge in [-0.05, 0) is 36.5 Å². The largest absolute Gasteiger partial charge is 0.390 e. The third-order valence-electron chi connectivity index (χ3n) is 3.50. The number of thiazole rings is 1. The topological polar surface area (TPSA) is 103 Å². The second kappa shape index (κ2) is 6.36. The van der Waals surface area contributed by atoms with Gasteiger partial charge in [0.1, 0.15) is 0 Å². The third-order valence-corrected chi connectivity index (χ3v) is 4.43. The summed E-state index contributed by atoms with van der Waals surface area (Å²) in [6.45, 7) is 3.99. The summed E-state index contributed by atoms with van der Waals surface area (Å²) in [5.41, 5.74) is 2.63. The van der Waals surface area contributed by atoms with Crippen LogP contribution in [0.2, 0.25) is 0 Å². The van der Waals surface area contributed by atoms with E-state index in [0.29, 0.717) is 10.8 Å². The monoisotopic (exact) mass is 345 g/mol. The number of nitrogens with zero attached hydrogens (tertiary/aromatic N) is 4. The van der Waals surface area contributed by atoms with Crippen molar-refractivity contribution in [3.63, 3.8) is 0 Å². The van der Waals surface area contributed by atoms with E-state index in [1.165, 1.54) is 22.1 Å². The second-order valence-corrected chi connectivity index (χ2v) is 6.44. The van der Waals surface area contributed by atoms with Gasteiger partial charge in [-0.1, -0.05) is 17.4 Å². The predicted molar refractivity (Wildman–Crippen MR) is 91.2 cm³/mol. The molecule has 0 bridgehead atoms. The van der Waals surface area contributed by atoms with E-state index in [0.717, 1.165) is 15.8 Å². The first-order valence-electron chi connectivity index (χ1n) is 7.28. The molecule has 3 rings (SSSR count). The lowest BCUT2D eigenvalue weighted by atomic mass is 10.2. The van der Waals surface area contributed by atoms with Crippen LogP contribution in [0.25, 0.3) is 10.2 Å². The van der Waals surface area contributed by atoms with Gasteiger partial charge in [-0.2, -0.15) is 4.68 Å². The normalized spacial score (nSPS) is 10.9. The average Bonchev–Trinajstić information content (AvgIpc) is 3.07. The predicted octanol–water partition coefficient (Wildman–Crippen LogP) is 3.05. The van der Waals surface area contributed by atoms with Gasteiger partial charge >= 0.3 is 5.82 Å². The van der Waals surface area contributed by atoms with Crippen LogP contribution in [0.3, 0.4) is 0 Å². The van der Waals surface area contributed by atoms with E-state index >= 15 is 0 Å². The zero-order valence-electron chi connectivity index (χ0n) is 13.1. The van der Waals surface area contributed by atoms with Crippen LogP contribution in [-0.2, 0) is 11.3 Å². The summed E-state index contributed by atoms with van der Waals surface area (Å²) < 4.78 is 2.48. The Kier molecular flexibility index (Phi) is 4.26. The molecule has 0 saturated carbocycles. The fourth-order valence-corrected chi connectivity index (χ4v) is 3.26. The first kappa shape index (κ1) is 16.1. The third kappa shape index (κ3) is 3.40. The lowest BCUT2D eigenvalue weighted by molar-refractivity contribution is -0.389. The van der Waals surface area contributed by atoms with Crippen LogP contribution in [0.15, 0.2) is 24.3 Å². The number of nitro groups is 1. The first-order valence-corrected chi connectivity index (χ1v) is 8.10. The van der Waals surface area contributed by atoms with E-state index in [1.807, 2.05) is 25.1 Å². The van der Waals surface area contributed by atoms with E-state index in [1.54, 1.807) is 6.92 Å². The van der Waals surface area contributed by atoms with E-state index < -0.39 is 4.92 Å². The molecule has 3 aromatic rings. The Morgan fingerprint density at radius 2 is 2.17 bits per heavy atom. The number of aromatic nitrogens is 3. The number of aryl methyl sites for hydroxylation is 3. The van der Waals surface area contributed by atoms with Crippen LogP contribution >= 0.6 is 11.3 Å². The molecule has 1 aromatic carbocycles. The van der Waals surface area contributed by atoms with Gasteiger partial charge in [-0.3, -0.25) is 4.79 Å². The van der Waals surface area contributed by atoms with Crippen molar-refractivity contribution in [1.82, 2.24) is 14.8 Å². The minimum atomic E-state index is -0.549. The summed E-state index contributed by atoms with van der Waals surface area (Å²) in [4.78, 5) is 26.6. The molecule has 0 aliphatic carbocycles. The number of fused-ring (bicyclic) bond motifs is 1. The van der Waals surface area contributed by atoms with E-state index in [4.69, 9.17) is 0 Å². The minimum absolute atomic E-state index is 0.161. The van der Waals surface area contributed by atoms with Crippen molar-refractivity contribution in [2.24, 2.45) is 0 Å². The first-order chi connectivity index (χ1) is 11.4. The Balaban J connectivity index is 1.63. The van der Waals surface area contributed by atoms with Gasteiger partial charge in [-0.15, -0.1) is 0 Å². The molecule has 1 N–H and O–H groups in total. The number of carbonyl (C=O) groups excluding carboxylic acids is 1. The lowest BCUT2D eigenvalue weighted by Crippen LogP contribution is -2.15. The van der Waals surface area contributed by atoms with Crippen molar-refractivity contribution in [3.8, 4) is 0 Å². The van der Waals surface area contributed by atoms with Crippen LogP contribution in [0, 0.1) is 24.0 Å². The van der Waals surface area contributed by atoms with Crippen molar-refractivity contribution in [2.75, 3.05) is 5.32 Å². The van der Waals surface area contributed by atoms with Crippen LogP contribution in [0.1, 0.15) is 17.7 Å². The second-order valence-electron chi connectivity index (χ2n) is 5.41. The van der Waals surface area contributed by atoms with Gasteiger partial charge in [0.25, 0.3) is 0 Å². The molecule has 24 heavy (non-hydrogen) atoms. The Hall–Kier alpha value is -2.81. The quantitative estimate of drug-likeness (QED) is 0.565. The van der Waals surface area contributed by atoms with Crippen molar-refractivity contribution < 1.29 is 9.72 Å². The summed E-state index contributed by atoms with van der Waals surface area (Å²) in [7, 11) is 0. The summed E-state index contributed by atoms with van der Waals surface area (Å²) in [6.07, 6.45) is 0.161.